The van der Waals surface area contributed by atoms with Gasteiger partial charge in [0.1, 0.15) is 23.3 Å². The maximum Gasteiger partial charge on any atom is 0.298 e. The summed E-state index contributed by atoms with van der Waals surface area (Å²) in [5.41, 5.74) is -1.82. The molecule has 7 nitrogen and oxygen atoms in total. The van der Waals surface area contributed by atoms with Gasteiger partial charge in [-0.1, -0.05) is 12.1 Å². The van der Waals surface area contributed by atoms with Gasteiger partial charge in [-0.15, -0.1) is 0 Å². The van der Waals surface area contributed by atoms with E-state index in [0.29, 0.717) is 6.42 Å². The lowest BCUT2D eigenvalue weighted by Crippen LogP contribution is -2.31. The zero-order valence-corrected chi connectivity index (χ0v) is 18.7. The Morgan fingerprint density at radius 2 is 2.06 bits per heavy atom. The summed E-state index contributed by atoms with van der Waals surface area (Å²) in [7, 11) is 0. The van der Waals surface area contributed by atoms with E-state index in [9.17, 15) is 22.8 Å². The summed E-state index contributed by atoms with van der Waals surface area (Å²) in [6.45, 7) is 3.62. The van der Waals surface area contributed by atoms with Crippen LogP contribution in [0.4, 0.5) is 19.0 Å². The molecule has 2 aromatic heterocycles. The van der Waals surface area contributed by atoms with Gasteiger partial charge in [0.25, 0.3) is 17.4 Å². The SMILES string of the molecule is Cc1nc(NC(=O)c2cccc(C(F)(F)C3CCCO3)c2)c2cn(C3(C)CC3)c(=O)c(F)c2n1. The van der Waals surface area contributed by atoms with Crippen molar-refractivity contribution in [3.05, 3.63) is 63.6 Å². The molecule has 1 saturated heterocycles. The largest absolute Gasteiger partial charge is 0.372 e. The Morgan fingerprint density at radius 3 is 2.74 bits per heavy atom. The number of halogens is 3. The van der Waals surface area contributed by atoms with Crippen LogP contribution < -0.4 is 10.9 Å². The molecule has 178 valence electrons. The molecule has 1 unspecified atom stereocenters. The maximum atomic E-state index is 14.9. The fraction of sp³-hybridized carbons (Fsp3) is 0.417. The molecule has 1 aromatic carbocycles. The van der Waals surface area contributed by atoms with Crippen LogP contribution in [0.1, 0.15) is 54.4 Å². The lowest BCUT2D eigenvalue weighted by Gasteiger charge is -2.23. The van der Waals surface area contributed by atoms with Crippen molar-refractivity contribution in [3.8, 4) is 0 Å². The number of amides is 1. The highest BCUT2D eigenvalue weighted by Gasteiger charge is 2.44. The fourth-order valence-electron chi connectivity index (χ4n) is 4.28. The number of nitrogens with zero attached hydrogens (tertiary/aromatic N) is 3. The first-order valence-corrected chi connectivity index (χ1v) is 11.1. The summed E-state index contributed by atoms with van der Waals surface area (Å²) in [6, 6.07) is 5.16. The van der Waals surface area contributed by atoms with Crippen molar-refractivity contribution in [2.24, 2.45) is 0 Å². The Morgan fingerprint density at radius 1 is 1.29 bits per heavy atom. The number of rotatable bonds is 5. The zero-order chi connectivity index (χ0) is 24.3. The summed E-state index contributed by atoms with van der Waals surface area (Å²) in [5, 5.41) is 2.75. The van der Waals surface area contributed by atoms with E-state index < -0.39 is 34.8 Å². The van der Waals surface area contributed by atoms with E-state index in [0.717, 1.165) is 18.9 Å². The summed E-state index contributed by atoms with van der Waals surface area (Å²) in [5.74, 6) is -4.81. The Kier molecular flexibility index (Phi) is 5.23. The third-order valence-electron chi connectivity index (χ3n) is 6.56. The molecule has 0 spiro atoms. The first kappa shape index (κ1) is 22.5. The van der Waals surface area contributed by atoms with E-state index in [2.05, 4.69) is 15.3 Å². The summed E-state index contributed by atoms with van der Waals surface area (Å²) in [4.78, 5) is 33.8. The van der Waals surface area contributed by atoms with Gasteiger partial charge in [0.15, 0.2) is 0 Å². The molecule has 34 heavy (non-hydrogen) atoms. The van der Waals surface area contributed by atoms with Gasteiger partial charge in [0.2, 0.25) is 5.82 Å². The van der Waals surface area contributed by atoms with Crippen LogP contribution in [-0.2, 0) is 16.2 Å². The Labute approximate surface area is 193 Å². The number of ether oxygens (including phenoxy) is 1. The third-order valence-corrected chi connectivity index (χ3v) is 6.56. The lowest BCUT2D eigenvalue weighted by molar-refractivity contribution is -0.122. The second kappa shape index (κ2) is 7.90. The lowest BCUT2D eigenvalue weighted by atomic mass is 9.99. The second-order valence-electron chi connectivity index (χ2n) is 9.16. The van der Waals surface area contributed by atoms with Crippen LogP contribution in [0.15, 0.2) is 35.3 Å². The van der Waals surface area contributed by atoms with E-state index in [-0.39, 0.29) is 46.7 Å². The van der Waals surface area contributed by atoms with E-state index in [1.54, 1.807) is 0 Å². The minimum atomic E-state index is -3.25. The van der Waals surface area contributed by atoms with Gasteiger partial charge in [-0.2, -0.15) is 13.2 Å². The van der Waals surface area contributed by atoms with Crippen LogP contribution in [0.25, 0.3) is 10.9 Å². The first-order valence-electron chi connectivity index (χ1n) is 11.1. The van der Waals surface area contributed by atoms with Crippen molar-refractivity contribution >= 4 is 22.6 Å². The van der Waals surface area contributed by atoms with Crippen molar-refractivity contribution in [2.45, 2.75) is 57.1 Å². The van der Waals surface area contributed by atoms with Crippen LogP contribution in [0.2, 0.25) is 0 Å². The minimum absolute atomic E-state index is 0.000638. The van der Waals surface area contributed by atoms with Crippen molar-refractivity contribution < 1.29 is 22.7 Å². The first-order chi connectivity index (χ1) is 16.1. The number of nitrogens with one attached hydrogen (secondary N) is 1. The topological polar surface area (TPSA) is 86.1 Å². The Bertz CT molecular complexity index is 1360. The molecule has 0 radical (unpaired) electrons. The van der Waals surface area contributed by atoms with Crippen LogP contribution in [-0.4, -0.2) is 33.2 Å². The predicted octanol–water partition coefficient (Wildman–Crippen LogP) is 4.27. The van der Waals surface area contributed by atoms with Gasteiger partial charge in [0.05, 0.1) is 5.39 Å². The summed E-state index contributed by atoms with van der Waals surface area (Å²) in [6.07, 6.45) is 2.45. The van der Waals surface area contributed by atoms with Gasteiger partial charge < -0.3 is 14.6 Å². The van der Waals surface area contributed by atoms with Crippen LogP contribution in [0.3, 0.4) is 0 Å². The van der Waals surface area contributed by atoms with Crippen molar-refractivity contribution in [2.75, 3.05) is 11.9 Å². The number of alkyl halides is 2. The number of hydrogen-bond acceptors (Lipinski definition) is 5. The van der Waals surface area contributed by atoms with Gasteiger partial charge >= 0.3 is 0 Å². The number of hydrogen-bond donors (Lipinski definition) is 1. The molecule has 2 aliphatic rings. The van der Waals surface area contributed by atoms with Crippen LogP contribution >= 0.6 is 0 Å². The van der Waals surface area contributed by atoms with Crippen LogP contribution in [0.5, 0.6) is 0 Å². The third kappa shape index (κ3) is 3.75. The molecule has 1 atom stereocenters. The molecule has 10 heteroatoms. The van der Waals surface area contributed by atoms with Crippen LogP contribution in [0, 0.1) is 12.7 Å². The van der Waals surface area contributed by atoms with Gasteiger partial charge in [-0.05, 0) is 51.7 Å². The quantitative estimate of drug-likeness (QED) is 0.599. The number of pyridine rings is 1. The number of carbonyl (C=O) groups excluding carboxylic acids is 1. The molecule has 1 amide bonds. The second-order valence-corrected chi connectivity index (χ2v) is 9.16. The molecule has 1 aliphatic heterocycles. The van der Waals surface area contributed by atoms with E-state index in [1.165, 1.54) is 35.9 Å². The van der Waals surface area contributed by atoms with Crippen molar-refractivity contribution in [1.82, 2.24) is 14.5 Å². The van der Waals surface area contributed by atoms with Gasteiger partial charge in [0, 0.05) is 29.5 Å². The Hall–Kier alpha value is -3.27. The molecule has 1 N–H and O–H groups in total. The molecule has 1 saturated carbocycles. The Balaban J connectivity index is 1.52. The van der Waals surface area contributed by atoms with Crippen molar-refractivity contribution in [3.63, 3.8) is 0 Å². The molecule has 1 aliphatic carbocycles. The van der Waals surface area contributed by atoms with E-state index in [4.69, 9.17) is 4.74 Å². The highest BCUT2D eigenvalue weighted by molar-refractivity contribution is 6.07. The van der Waals surface area contributed by atoms with Crippen molar-refractivity contribution in [1.29, 1.82) is 0 Å². The van der Waals surface area contributed by atoms with Gasteiger partial charge in [-0.25, -0.2) is 9.97 Å². The average molecular weight is 472 g/mol. The number of benzene rings is 1. The zero-order valence-electron chi connectivity index (χ0n) is 18.7. The number of aryl methyl sites for hydroxylation is 1. The van der Waals surface area contributed by atoms with E-state index >= 15 is 0 Å². The molecule has 3 aromatic rings. The average Bonchev–Trinajstić information content (AvgIpc) is 3.31. The number of carbonyl (C=O) groups is 1. The molecular weight excluding hydrogens is 449 g/mol. The molecule has 2 fully saturated rings. The smallest absolute Gasteiger partial charge is 0.298 e. The molecule has 5 rings (SSSR count). The van der Waals surface area contributed by atoms with Gasteiger partial charge in [-0.3, -0.25) is 9.59 Å². The summed E-state index contributed by atoms with van der Waals surface area (Å²) < 4.78 is 51.2. The standard InChI is InChI=1S/C24H23F3N4O3/c1-13-28-19-16(12-31(22(33)18(19)25)23(2)8-9-23)20(29-13)30-21(32)14-5-3-6-15(11-14)24(26,27)17-7-4-10-34-17/h3,5-6,11-12,17H,4,7-10H2,1-2H3,(H,28,29,30,32). The normalized spacial score (nSPS) is 19.4. The monoisotopic (exact) mass is 472 g/mol. The number of aromatic nitrogens is 3. The molecule has 0 bridgehead atoms. The fourth-order valence-corrected chi connectivity index (χ4v) is 4.28. The number of fused-ring (bicyclic) bond motifs is 1. The molecule has 3 heterocycles. The summed E-state index contributed by atoms with van der Waals surface area (Å²) >= 11 is 0. The maximum absolute atomic E-state index is 14.9. The number of anilines is 1. The highest BCUT2D eigenvalue weighted by Crippen LogP contribution is 2.42. The minimum Gasteiger partial charge on any atom is -0.372 e. The van der Waals surface area contributed by atoms with E-state index in [1.807, 2.05) is 6.92 Å². The molecular formula is C24H23F3N4O3. The highest BCUT2D eigenvalue weighted by atomic mass is 19.3. The predicted molar refractivity (Wildman–Crippen MR) is 119 cm³/mol.